The predicted octanol–water partition coefficient (Wildman–Crippen LogP) is 3.44. The molecule has 3 aromatic rings. The molecule has 2 amide bonds. The van der Waals surface area contributed by atoms with Gasteiger partial charge in [0.25, 0.3) is 0 Å². The number of carbonyl (C=O) groups excluding carboxylic acids is 1. The summed E-state index contributed by atoms with van der Waals surface area (Å²) >= 11 is 3.32. The van der Waals surface area contributed by atoms with E-state index in [0.717, 1.165) is 20.9 Å². The van der Waals surface area contributed by atoms with E-state index in [0.29, 0.717) is 18.0 Å². The lowest BCUT2D eigenvalue weighted by Gasteiger charge is -2.20. The summed E-state index contributed by atoms with van der Waals surface area (Å²) in [6, 6.07) is 13.9. The highest BCUT2D eigenvalue weighted by atomic mass is 79.9. The number of amides is 2. The summed E-state index contributed by atoms with van der Waals surface area (Å²) in [6.07, 6.45) is 3.45. The average Bonchev–Trinajstić information content (AvgIpc) is 3.16. The molecule has 9 heteroatoms. The van der Waals surface area contributed by atoms with E-state index in [1.165, 1.54) is 4.31 Å². The van der Waals surface area contributed by atoms with Crippen molar-refractivity contribution in [1.82, 2.24) is 14.6 Å². The summed E-state index contributed by atoms with van der Waals surface area (Å²) in [4.78, 5) is 16.9. The molecule has 2 aromatic carbocycles. The van der Waals surface area contributed by atoms with Crippen molar-refractivity contribution in [3.63, 3.8) is 0 Å². The van der Waals surface area contributed by atoms with Crippen molar-refractivity contribution in [2.45, 2.75) is 10.9 Å². The first-order valence-electron chi connectivity index (χ1n) is 9.59. The van der Waals surface area contributed by atoms with Gasteiger partial charge in [-0.1, -0.05) is 28.1 Å². The summed E-state index contributed by atoms with van der Waals surface area (Å²) in [5, 5.41) is 7.77. The molecule has 0 radical (unpaired) electrons. The van der Waals surface area contributed by atoms with Crippen molar-refractivity contribution < 1.29 is 13.2 Å². The highest BCUT2D eigenvalue weighted by Crippen LogP contribution is 2.47. The molecule has 1 aliphatic carbocycles. The van der Waals surface area contributed by atoms with Crippen LogP contribution < -0.4 is 10.6 Å². The Morgan fingerprint density at radius 1 is 1.07 bits per heavy atom. The van der Waals surface area contributed by atoms with Crippen molar-refractivity contribution in [2.75, 3.05) is 18.4 Å². The highest BCUT2D eigenvalue weighted by molar-refractivity contribution is 9.10. The van der Waals surface area contributed by atoms with Crippen molar-refractivity contribution in [1.29, 1.82) is 0 Å². The average molecular weight is 487 g/mol. The second kappa shape index (κ2) is 7.33. The van der Waals surface area contributed by atoms with Gasteiger partial charge in [-0.05, 0) is 48.2 Å². The number of urea groups is 1. The first-order valence-corrected chi connectivity index (χ1v) is 11.8. The number of halogens is 1. The van der Waals surface area contributed by atoms with Gasteiger partial charge < -0.3 is 10.6 Å². The second-order valence-corrected chi connectivity index (χ2v) is 10.5. The van der Waals surface area contributed by atoms with Crippen LogP contribution in [0.15, 0.2) is 70.3 Å². The minimum atomic E-state index is -3.50. The van der Waals surface area contributed by atoms with Crippen LogP contribution in [0.4, 0.5) is 10.5 Å². The van der Waals surface area contributed by atoms with Gasteiger partial charge in [0, 0.05) is 46.8 Å². The maximum atomic E-state index is 12.8. The number of carbonyl (C=O) groups is 1. The van der Waals surface area contributed by atoms with Gasteiger partial charge in [0.1, 0.15) is 0 Å². The lowest BCUT2D eigenvalue weighted by atomic mass is 10.1. The maximum absolute atomic E-state index is 12.8. The number of hydrogen-bond donors (Lipinski definition) is 2. The first-order chi connectivity index (χ1) is 14.4. The normalized spacial score (nSPS) is 23.2. The third kappa shape index (κ3) is 3.46. The Morgan fingerprint density at radius 2 is 1.80 bits per heavy atom. The molecule has 0 bridgehead atoms. The van der Waals surface area contributed by atoms with Gasteiger partial charge in [-0.2, -0.15) is 4.31 Å². The van der Waals surface area contributed by atoms with Crippen LogP contribution in [0.1, 0.15) is 0 Å². The number of hydrogen-bond acceptors (Lipinski definition) is 4. The van der Waals surface area contributed by atoms with E-state index >= 15 is 0 Å². The zero-order valence-electron chi connectivity index (χ0n) is 15.8. The standard InChI is InChI=1S/C21H19BrN4O3S/c22-14-4-6-15(7-5-14)30(28,29)26-11-17-18(12-26)20(17)25-21(27)24-19-3-1-2-13-10-23-9-8-16(13)19/h1-10,17-18,20H,11-12H2,(H2,24,25,27). The predicted molar refractivity (Wildman–Crippen MR) is 118 cm³/mol. The van der Waals surface area contributed by atoms with E-state index in [1.54, 1.807) is 36.7 Å². The molecular weight excluding hydrogens is 468 g/mol. The first kappa shape index (κ1) is 19.5. The molecule has 1 saturated heterocycles. The van der Waals surface area contributed by atoms with Gasteiger partial charge in [-0.25, -0.2) is 13.2 Å². The van der Waals surface area contributed by atoms with Crippen LogP contribution in [0.5, 0.6) is 0 Å². The Labute approximate surface area is 182 Å². The quantitative estimate of drug-likeness (QED) is 0.590. The van der Waals surface area contributed by atoms with Crippen molar-refractivity contribution in [3.05, 3.63) is 65.4 Å². The van der Waals surface area contributed by atoms with Crippen molar-refractivity contribution >= 4 is 48.4 Å². The lowest BCUT2D eigenvalue weighted by Crippen LogP contribution is -2.39. The number of fused-ring (bicyclic) bond motifs is 2. The fourth-order valence-electron chi connectivity index (χ4n) is 4.20. The molecule has 7 nitrogen and oxygen atoms in total. The van der Waals surface area contributed by atoms with Crippen LogP contribution in [0, 0.1) is 11.8 Å². The number of benzene rings is 2. The summed E-state index contributed by atoms with van der Waals surface area (Å²) in [5.41, 5.74) is 0.720. The summed E-state index contributed by atoms with van der Waals surface area (Å²) in [7, 11) is -3.50. The SMILES string of the molecule is O=C(Nc1cccc2cnccc12)NC1C2CN(S(=O)(=O)c3ccc(Br)cc3)CC21. The Bertz CT molecular complexity index is 1220. The smallest absolute Gasteiger partial charge is 0.319 e. The van der Waals surface area contributed by atoms with Crippen LogP contribution in [-0.2, 0) is 10.0 Å². The molecule has 2 unspecified atom stereocenters. The number of nitrogens with one attached hydrogen (secondary N) is 2. The van der Waals surface area contributed by atoms with E-state index in [2.05, 4.69) is 31.5 Å². The number of anilines is 1. The molecule has 30 heavy (non-hydrogen) atoms. The number of aromatic nitrogens is 1. The Morgan fingerprint density at radius 3 is 2.53 bits per heavy atom. The van der Waals surface area contributed by atoms with E-state index in [1.807, 2.05) is 24.3 Å². The van der Waals surface area contributed by atoms with Crippen LogP contribution >= 0.6 is 15.9 Å². The minimum Gasteiger partial charge on any atom is -0.334 e. The number of pyridine rings is 1. The zero-order chi connectivity index (χ0) is 20.9. The van der Waals surface area contributed by atoms with E-state index in [-0.39, 0.29) is 23.9 Å². The van der Waals surface area contributed by atoms with Gasteiger partial charge in [0.05, 0.1) is 10.6 Å². The summed E-state index contributed by atoms with van der Waals surface area (Å²) in [5.74, 6) is 0.301. The summed E-state index contributed by atoms with van der Waals surface area (Å²) < 4.78 is 28.0. The number of nitrogens with zero attached hydrogens (tertiary/aromatic N) is 2. The molecule has 1 saturated carbocycles. The Kier molecular flexibility index (Phi) is 4.76. The molecular formula is C21H19BrN4O3S. The van der Waals surface area contributed by atoms with Crippen LogP contribution in [0.2, 0.25) is 0 Å². The lowest BCUT2D eigenvalue weighted by molar-refractivity contribution is 0.250. The van der Waals surface area contributed by atoms with Crippen molar-refractivity contribution in [3.8, 4) is 0 Å². The fourth-order valence-corrected chi connectivity index (χ4v) is 5.97. The summed E-state index contributed by atoms with van der Waals surface area (Å²) in [6.45, 7) is 0.849. The zero-order valence-corrected chi connectivity index (χ0v) is 18.2. The molecule has 2 N–H and O–H groups in total. The molecule has 2 heterocycles. The molecule has 154 valence electrons. The number of sulfonamides is 1. The minimum absolute atomic E-state index is 0.00184. The van der Waals surface area contributed by atoms with Gasteiger partial charge >= 0.3 is 6.03 Å². The number of rotatable bonds is 4. The van der Waals surface area contributed by atoms with Gasteiger partial charge in [0.2, 0.25) is 10.0 Å². The third-order valence-electron chi connectivity index (χ3n) is 5.84. The van der Waals surface area contributed by atoms with E-state index in [9.17, 15) is 13.2 Å². The van der Waals surface area contributed by atoms with Gasteiger partial charge in [-0.15, -0.1) is 0 Å². The molecule has 1 aromatic heterocycles. The van der Waals surface area contributed by atoms with Gasteiger partial charge in [-0.3, -0.25) is 4.98 Å². The molecule has 2 aliphatic rings. The van der Waals surface area contributed by atoms with E-state index in [4.69, 9.17) is 0 Å². The van der Waals surface area contributed by atoms with Crippen molar-refractivity contribution in [2.24, 2.45) is 11.8 Å². The monoisotopic (exact) mass is 486 g/mol. The fraction of sp³-hybridized carbons (Fsp3) is 0.238. The maximum Gasteiger partial charge on any atom is 0.319 e. The second-order valence-electron chi connectivity index (χ2n) is 7.63. The molecule has 0 spiro atoms. The van der Waals surface area contributed by atoms with E-state index < -0.39 is 10.0 Å². The molecule has 5 rings (SSSR count). The van der Waals surface area contributed by atoms with Crippen LogP contribution in [0.3, 0.4) is 0 Å². The Balaban J connectivity index is 1.21. The van der Waals surface area contributed by atoms with Crippen LogP contribution in [-0.4, -0.2) is 42.9 Å². The van der Waals surface area contributed by atoms with Gasteiger partial charge in [0.15, 0.2) is 0 Å². The largest absolute Gasteiger partial charge is 0.334 e. The topological polar surface area (TPSA) is 91.4 Å². The number of piperidine rings is 1. The molecule has 2 fully saturated rings. The third-order valence-corrected chi connectivity index (χ3v) is 8.21. The van der Waals surface area contributed by atoms with Crippen LogP contribution in [0.25, 0.3) is 10.8 Å². The molecule has 1 aliphatic heterocycles. The Hall–Kier alpha value is -2.49. The molecule has 2 atom stereocenters. The highest BCUT2D eigenvalue weighted by Gasteiger charge is 2.58.